The zero-order valence-corrected chi connectivity index (χ0v) is 36.7. The van der Waals surface area contributed by atoms with E-state index in [0.717, 1.165) is 24.3 Å². The van der Waals surface area contributed by atoms with Crippen LogP contribution < -0.4 is 21.3 Å². The lowest BCUT2D eigenvalue weighted by atomic mass is 9.87. The van der Waals surface area contributed by atoms with Crippen LogP contribution >= 0.6 is 0 Å². The van der Waals surface area contributed by atoms with Crippen LogP contribution in [0.4, 0.5) is 27.2 Å². The molecule has 1 aliphatic heterocycles. The quantitative estimate of drug-likeness (QED) is 0.0544. The Morgan fingerprint density at radius 3 is 1.84 bits per heavy atom. The van der Waals surface area contributed by atoms with Crippen molar-refractivity contribution < 1.29 is 60.6 Å². The number of rotatable bonds is 16. The molecule has 1 aliphatic rings. The summed E-state index contributed by atoms with van der Waals surface area (Å²) in [6, 6.07) is 9.46. The molecule has 3 rings (SSSR count). The fourth-order valence-electron chi connectivity index (χ4n) is 6.61. The summed E-state index contributed by atoms with van der Waals surface area (Å²) in [6.07, 6.45) is -8.56. The highest BCUT2D eigenvalue weighted by atomic mass is 19.4. The highest BCUT2D eigenvalue weighted by Gasteiger charge is 2.46. The van der Waals surface area contributed by atoms with Crippen LogP contribution in [0, 0.1) is 5.92 Å². The zero-order valence-electron chi connectivity index (χ0n) is 36.7. The van der Waals surface area contributed by atoms with Gasteiger partial charge in [0.1, 0.15) is 35.0 Å². The molecular weight excluding hydrogens is 820 g/mol. The number of carbonyl (C=O) groups excluding carboxylic acids is 6. The number of alkyl carbamates (subject to hydrolysis) is 2. The number of halogens is 4. The Labute approximate surface area is 359 Å². The van der Waals surface area contributed by atoms with E-state index in [9.17, 15) is 41.9 Å². The number of esters is 1. The van der Waals surface area contributed by atoms with Crippen molar-refractivity contribution in [2.24, 2.45) is 5.92 Å². The molecule has 0 spiro atoms. The standard InChI is InChI=1S/C43H60F4N6O9/c1-27(2)23-32(36(56)48-26-34(54)52-21-19-42(20-22-52,37(57)60-9)51-39(59)62-41(6,7)8)53(47)33(25-28-13-11-10-12-14-28)50-35(55)31(49-38(58)61-40(3,4)5)24-29-15-17-30(18-16-29)43(44,45)46/h10-18,27,31-33H,19-26H2,1-9H3,(H,48,56)(H,49,58)(H,50,55)(H,51,59)/t31?,32?,33-/m0/s1. The Morgan fingerprint density at radius 1 is 0.774 bits per heavy atom. The number of nitrogens with one attached hydrogen (secondary N) is 4. The second kappa shape index (κ2) is 21.6. The monoisotopic (exact) mass is 880 g/mol. The summed E-state index contributed by atoms with van der Waals surface area (Å²) in [7, 11) is 1.17. The van der Waals surface area contributed by atoms with Gasteiger partial charge in [-0.25, -0.2) is 14.4 Å². The van der Waals surface area contributed by atoms with Crippen molar-refractivity contribution in [2.45, 2.75) is 129 Å². The number of carbonyl (C=O) groups is 6. The smallest absolute Gasteiger partial charge is 0.416 e. The zero-order chi connectivity index (χ0) is 46.6. The van der Waals surface area contributed by atoms with Crippen molar-refractivity contribution in [1.29, 1.82) is 0 Å². The first kappa shape index (κ1) is 50.9. The Bertz CT molecular complexity index is 1840. The van der Waals surface area contributed by atoms with Gasteiger partial charge in [0.25, 0.3) is 0 Å². The molecule has 5 amide bonds. The minimum Gasteiger partial charge on any atom is -0.467 e. The van der Waals surface area contributed by atoms with Gasteiger partial charge in [0, 0.05) is 25.9 Å². The molecule has 0 aliphatic carbocycles. The van der Waals surface area contributed by atoms with E-state index >= 15 is 4.48 Å². The highest BCUT2D eigenvalue weighted by Crippen LogP contribution is 2.30. The average Bonchev–Trinajstić information content (AvgIpc) is 3.16. The lowest BCUT2D eigenvalue weighted by molar-refractivity contribution is -0.153. The Morgan fingerprint density at radius 2 is 1.32 bits per heavy atom. The summed E-state index contributed by atoms with van der Waals surface area (Å²) in [5.41, 5.74) is -3.40. The fourth-order valence-corrected chi connectivity index (χ4v) is 6.61. The number of likely N-dealkylation sites (tertiary alicyclic amines) is 1. The Hall–Kier alpha value is -5.46. The third-order valence-electron chi connectivity index (χ3n) is 9.60. The van der Waals surface area contributed by atoms with E-state index in [2.05, 4.69) is 21.3 Å². The summed E-state index contributed by atoms with van der Waals surface area (Å²) in [6.45, 7) is 12.7. The van der Waals surface area contributed by atoms with Crippen LogP contribution in [0.25, 0.3) is 0 Å². The summed E-state index contributed by atoms with van der Waals surface area (Å²) in [5, 5.41) is 10.3. The molecule has 4 N–H and O–H groups in total. The van der Waals surface area contributed by atoms with Gasteiger partial charge in [-0.1, -0.05) is 56.3 Å². The van der Waals surface area contributed by atoms with Crippen LogP contribution in [0.15, 0.2) is 54.6 Å². The fraction of sp³-hybridized carbons (Fsp3) is 0.581. The molecule has 1 saturated heterocycles. The van der Waals surface area contributed by atoms with Crippen LogP contribution in [0.5, 0.6) is 0 Å². The highest BCUT2D eigenvalue weighted by molar-refractivity contribution is 5.89. The third kappa shape index (κ3) is 16.1. The van der Waals surface area contributed by atoms with Crippen LogP contribution in [0.2, 0.25) is 0 Å². The molecule has 2 aromatic rings. The van der Waals surface area contributed by atoms with E-state index in [4.69, 9.17) is 14.2 Å². The number of nitrogens with zero attached hydrogens (tertiary/aromatic N) is 2. The molecule has 19 heteroatoms. The van der Waals surface area contributed by atoms with Gasteiger partial charge in [-0.05, 0) is 90.0 Å². The van der Waals surface area contributed by atoms with E-state index < -0.39 is 89.2 Å². The first-order chi connectivity index (χ1) is 28.7. The van der Waals surface area contributed by atoms with Gasteiger partial charge in [0.15, 0.2) is 0 Å². The first-order valence-electron chi connectivity index (χ1n) is 20.3. The maximum Gasteiger partial charge on any atom is 0.416 e. The predicted octanol–water partition coefficient (Wildman–Crippen LogP) is 5.60. The largest absolute Gasteiger partial charge is 0.467 e. The second-order valence-corrected chi connectivity index (χ2v) is 17.6. The predicted molar refractivity (Wildman–Crippen MR) is 220 cm³/mol. The molecular formula is C43H60F4N6O9. The van der Waals surface area contributed by atoms with Gasteiger partial charge in [-0.2, -0.15) is 13.2 Å². The molecule has 344 valence electrons. The van der Waals surface area contributed by atoms with Crippen LogP contribution in [0.1, 0.15) is 91.3 Å². The van der Waals surface area contributed by atoms with Crippen molar-refractivity contribution >= 4 is 35.9 Å². The van der Waals surface area contributed by atoms with E-state index in [1.165, 1.54) is 12.0 Å². The maximum atomic E-state index is 17.0. The number of hydrogen-bond acceptors (Lipinski definition) is 10. The second-order valence-electron chi connectivity index (χ2n) is 17.6. The van der Waals surface area contributed by atoms with Crippen molar-refractivity contribution in [3.05, 3.63) is 71.3 Å². The summed E-state index contributed by atoms with van der Waals surface area (Å²) >= 11 is 0. The number of hydrogen-bond donors (Lipinski definition) is 4. The summed E-state index contributed by atoms with van der Waals surface area (Å²) in [5.74, 6) is -3.32. The molecule has 0 bridgehead atoms. The molecule has 3 atom stereocenters. The summed E-state index contributed by atoms with van der Waals surface area (Å²) in [4.78, 5) is 81.0. The number of alkyl halides is 3. The molecule has 1 heterocycles. The van der Waals surface area contributed by atoms with E-state index in [0.29, 0.717) is 5.56 Å². The minimum absolute atomic E-state index is 0.000409. The van der Waals surface area contributed by atoms with Gasteiger partial charge in [0.05, 0.1) is 19.2 Å². The minimum atomic E-state index is -4.61. The molecule has 2 aromatic carbocycles. The average molecular weight is 881 g/mol. The number of amides is 5. The van der Waals surface area contributed by atoms with Crippen LogP contribution in [-0.2, 0) is 52.4 Å². The number of ether oxygens (including phenoxy) is 3. The van der Waals surface area contributed by atoms with E-state index in [-0.39, 0.29) is 61.8 Å². The normalized spacial score (nSPS) is 15.8. The molecule has 0 aromatic heterocycles. The topological polar surface area (TPSA) is 185 Å². The van der Waals surface area contributed by atoms with Crippen LogP contribution in [0.3, 0.4) is 0 Å². The van der Waals surface area contributed by atoms with Crippen LogP contribution in [-0.4, -0.2) is 108 Å². The molecule has 0 saturated carbocycles. The first-order valence-corrected chi connectivity index (χ1v) is 20.3. The SMILES string of the molecule is COC(=O)C1(NC(=O)OC(C)(C)C)CCN(C(=O)CNC(=O)C(CC(C)C)N(F)[C@@H](Cc2ccccc2)NC(=O)C(Cc2ccc(C(F)(F)F)cc2)NC(=O)OC(C)(C)C)CC1. The molecule has 2 unspecified atom stereocenters. The van der Waals surface area contributed by atoms with Crippen molar-refractivity contribution in [1.82, 2.24) is 31.3 Å². The molecule has 15 nitrogen and oxygen atoms in total. The third-order valence-corrected chi connectivity index (χ3v) is 9.60. The van der Waals surface area contributed by atoms with E-state index in [1.54, 1.807) is 85.7 Å². The van der Waals surface area contributed by atoms with Crippen molar-refractivity contribution in [3.8, 4) is 0 Å². The van der Waals surface area contributed by atoms with E-state index in [1.807, 2.05) is 0 Å². The van der Waals surface area contributed by atoms with Gasteiger partial charge >= 0.3 is 24.3 Å². The number of piperidine rings is 1. The van der Waals surface area contributed by atoms with Gasteiger partial charge in [-0.15, -0.1) is 9.60 Å². The Balaban J connectivity index is 1.83. The van der Waals surface area contributed by atoms with Gasteiger partial charge in [0.2, 0.25) is 17.7 Å². The molecule has 1 fully saturated rings. The summed E-state index contributed by atoms with van der Waals surface area (Å²) < 4.78 is 72.4. The Kier molecular flexibility index (Phi) is 17.7. The number of benzene rings is 2. The van der Waals surface area contributed by atoms with Crippen molar-refractivity contribution in [3.63, 3.8) is 0 Å². The lowest BCUT2D eigenvalue weighted by Crippen LogP contribution is -2.62. The molecule has 62 heavy (non-hydrogen) atoms. The van der Waals surface area contributed by atoms with Gasteiger partial charge in [-0.3, -0.25) is 14.4 Å². The lowest BCUT2D eigenvalue weighted by Gasteiger charge is -2.40. The molecule has 0 radical (unpaired) electrons. The van der Waals surface area contributed by atoms with Crippen molar-refractivity contribution in [2.75, 3.05) is 26.7 Å². The maximum absolute atomic E-state index is 17.0. The number of methoxy groups -OCH3 is 1. The van der Waals surface area contributed by atoms with Gasteiger partial charge < -0.3 is 40.4 Å².